The van der Waals surface area contributed by atoms with Crippen LogP contribution in [0.5, 0.6) is 11.5 Å². The normalized spacial score (nSPS) is 15.6. The predicted molar refractivity (Wildman–Crippen MR) is 94.2 cm³/mol. The van der Waals surface area contributed by atoms with Crippen LogP contribution in [-0.4, -0.2) is 43.9 Å². The summed E-state index contributed by atoms with van der Waals surface area (Å²) in [6, 6.07) is 9.83. The molecule has 0 amide bonds. The Morgan fingerprint density at radius 3 is 2.38 bits per heavy atom. The van der Waals surface area contributed by atoms with Gasteiger partial charge >= 0.3 is 0 Å². The van der Waals surface area contributed by atoms with Crippen molar-refractivity contribution >= 4 is 27.3 Å². The second kappa shape index (κ2) is 7.58. The minimum Gasteiger partial charge on any atom is -0.456 e. The Balaban J connectivity index is 2.03. The number of nitrogens with zero attached hydrogens (tertiary/aromatic N) is 2. The van der Waals surface area contributed by atoms with Crippen molar-refractivity contribution < 1.29 is 22.8 Å². The van der Waals surface area contributed by atoms with E-state index in [9.17, 15) is 18.5 Å². The van der Waals surface area contributed by atoms with Crippen molar-refractivity contribution in [3.63, 3.8) is 0 Å². The van der Waals surface area contributed by atoms with Gasteiger partial charge in [-0.15, -0.1) is 0 Å². The molecule has 138 valence electrons. The molecular weight excluding hydrogens is 384 g/mol. The van der Waals surface area contributed by atoms with E-state index >= 15 is 0 Å². The smallest absolute Gasteiger partial charge is 0.271 e. The molecule has 0 saturated carbocycles. The van der Waals surface area contributed by atoms with Crippen molar-refractivity contribution in [1.29, 1.82) is 0 Å². The molecular formula is C16H15ClN2O6S. The van der Waals surface area contributed by atoms with E-state index in [1.54, 1.807) is 24.3 Å². The molecule has 1 saturated heterocycles. The molecule has 0 unspecified atom stereocenters. The minimum atomic E-state index is -3.98. The Bertz CT molecular complexity index is 911. The first-order valence-electron chi connectivity index (χ1n) is 7.68. The van der Waals surface area contributed by atoms with Gasteiger partial charge in [0.25, 0.3) is 5.69 Å². The van der Waals surface area contributed by atoms with Crippen molar-refractivity contribution in [2.24, 2.45) is 0 Å². The van der Waals surface area contributed by atoms with Gasteiger partial charge in [0.1, 0.15) is 16.4 Å². The summed E-state index contributed by atoms with van der Waals surface area (Å²) in [5.41, 5.74) is -0.333. The molecule has 10 heteroatoms. The zero-order valence-electron chi connectivity index (χ0n) is 13.5. The molecule has 1 aliphatic rings. The molecule has 0 atom stereocenters. The van der Waals surface area contributed by atoms with Crippen molar-refractivity contribution in [3.05, 3.63) is 57.6 Å². The summed E-state index contributed by atoms with van der Waals surface area (Å²) >= 11 is 5.83. The molecule has 3 rings (SSSR count). The van der Waals surface area contributed by atoms with Crippen LogP contribution in [0, 0.1) is 10.1 Å². The number of ether oxygens (including phenoxy) is 2. The van der Waals surface area contributed by atoms with E-state index in [0.29, 0.717) is 10.8 Å². The predicted octanol–water partition coefficient (Wildman–Crippen LogP) is 3.06. The third-order valence-electron chi connectivity index (χ3n) is 3.77. The molecule has 0 aromatic heterocycles. The number of non-ortho nitro benzene ring substituents is 1. The van der Waals surface area contributed by atoms with Crippen molar-refractivity contribution in [1.82, 2.24) is 4.31 Å². The molecule has 0 radical (unpaired) electrons. The molecule has 1 fully saturated rings. The summed E-state index contributed by atoms with van der Waals surface area (Å²) in [6.07, 6.45) is 0. The Hall–Kier alpha value is -2.20. The molecule has 2 aromatic carbocycles. The van der Waals surface area contributed by atoms with E-state index in [-0.39, 0.29) is 42.6 Å². The van der Waals surface area contributed by atoms with Crippen LogP contribution in [0.25, 0.3) is 0 Å². The summed E-state index contributed by atoms with van der Waals surface area (Å²) in [6.45, 7) is 0.875. The molecule has 0 spiro atoms. The van der Waals surface area contributed by atoms with Gasteiger partial charge in [-0.3, -0.25) is 10.1 Å². The third kappa shape index (κ3) is 3.96. The molecule has 2 aromatic rings. The third-order valence-corrected chi connectivity index (χ3v) is 5.94. The van der Waals surface area contributed by atoms with Crippen LogP contribution in [0.4, 0.5) is 5.69 Å². The maximum Gasteiger partial charge on any atom is 0.271 e. The Labute approximate surface area is 155 Å². The zero-order valence-corrected chi connectivity index (χ0v) is 15.1. The number of nitro groups is 1. The maximum absolute atomic E-state index is 13.0. The van der Waals surface area contributed by atoms with Crippen LogP contribution in [0.3, 0.4) is 0 Å². The first-order chi connectivity index (χ1) is 12.4. The van der Waals surface area contributed by atoms with Gasteiger partial charge in [-0.05, 0) is 30.3 Å². The van der Waals surface area contributed by atoms with E-state index < -0.39 is 14.9 Å². The number of morpholine rings is 1. The minimum absolute atomic E-state index is 0.00409. The maximum atomic E-state index is 13.0. The fourth-order valence-corrected chi connectivity index (χ4v) is 4.12. The molecule has 8 nitrogen and oxygen atoms in total. The van der Waals surface area contributed by atoms with Gasteiger partial charge < -0.3 is 9.47 Å². The largest absolute Gasteiger partial charge is 0.456 e. The van der Waals surface area contributed by atoms with Crippen molar-refractivity contribution in [3.8, 4) is 11.5 Å². The fraction of sp³-hybridized carbons (Fsp3) is 0.250. The van der Waals surface area contributed by atoms with Gasteiger partial charge in [-0.25, -0.2) is 8.42 Å². The standard InChI is InChI=1S/C16H15ClN2O6S/c17-12-1-4-14(5-2-12)25-15-6-3-13(19(20)21)11-16(15)26(22,23)18-7-9-24-10-8-18/h1-6,11H,7-10H2. The Morgan fingerprint density at radius 2 is 1.77 bits per heavy atom. The summed E-state index contributed by atoms with van der Waals surface area (Å²) in [7, 11) is -3.98. The van der Waals surface area contributed by atoms with Crippen LogP contribution in [0.15, 0.2) is 47.4 Å². The monoisotopic (exact) mass is 398 g/mol. The quantitative estimate of drug-likeness (QED) is 0.567. The Kier molecular flexibility index (Phi) is 5.42. The van der Waals surface area contributed by atoms with Gasteiger partial charge in [-0.2, -0.15) is 4.31 Å². The van der Waals surface area contributed by atoms with E-state index in [1.807, 2.05) is 0 Å². The lowest BCUT2D eigenvalue weighted by Crippen LogP contribution is -2.40. The molecule has 0 N–H and O–H groups in total. The SMILES string of the molecule is O=[N+]([O-])c1ccc(Oc2ccc(Cl)cc2)c(S(=O)(=O)N2CCOCC2)c1. The van der Waals surface area contributed by atoms with Gasteiger partial charge in [0.05, 0.1) is 18.1 Å². The lowest BCUT2D eigenvalue weighted by atomic mass is 10.3. The number of nitro benzene ring substituents is 1. The van der Waals surface area contributed by atoms with Gasteiger partial charge in [0, 0.05) is 30.2 Å². The van der Waals surface area contributed by atoms with E-state index in [2.05, 4.69) is 0 Å². The lowest BCUT2D eigenvalue weighted by Gasteiger charge is -2.26. The fourth-order valence-electron chi connectivity index (χ4n) is 2.45. The highest BCUT2D eigenvalue weighted by Gasteiger charge is 2.31. The number of benzene rings is 2. The summed E-state index contributed by atoms with van der Waals surface area (Å²) in [4.78, 5) is 10.2. The molecule has 0 aliphatic carbocycles. The second-order valence-corrected chi connectivity index (χ2v) is 7.80. The zero-order chi connectivity index (χ0) is 18.7. The molecule has 1 heterocycles. The highest BCUT2D eigenvalue weighted by molar-refractivity contribution is 7.89. The number of rotatable bonds is 5. The van der Waals surface area contributed by atoms with Gasteiger partial charge in [-0.1, -0.05) is 11.6 Å². The van der Waals surface area contributed by atoms with E-state index in [4.69, 9.17) is 21.1 Å². The number of hydrogen-bond acceptors (Lipinski definition) is 6. The average molecular weight is 399 g/mol. The average Bonchev–Trinajstić information content (AvgIpc) is 2.64. The van der Waals surface area contributed by atoms with Gasteiger partial charge in [0.2, 0.25) is 10.0 Å². The lowest BCUT2D eigenvalue weighted by molar-refractivity contribution is -0.385. The summed E-state index contributed by atoms with van der Waals surface area (Å²) in [5, 5.41) is 11.6. The van der Waals surface area contributed by atoms with Crippen LogP contribution < -0.4 is 4.74 Å². The van der Waals surface area contributed by atoms with Gasteiger partial charge in [0.15, 0.2) is 0 Å². The highest BCUT2D eigenvalue weighted by atomic mass is 35.5. The highest BCUT2D eigenvalue weighted by Crippen LogP contribution is 2.34. The summed E-state index contributed by atoms with van der Waals surface area (Å²) in [5.74, 6) is 0.367. The van der Waals surface area contributed by atoms with E-state index in [0.717, 1.165) is 6.07 Å². The summed E-state index contributed by atoms with van der Waals surface area (Å²) < 4.78 is 38.0. The van der Waals surface area contributed by atoms with Crippen LogP contribution in [0.1, 0.15) is 0 Å². The second-order valence-electron chi connectivity index (χ2n) is 5.46. The van der Waals surface area contributed by atoms with Crippen LogP contribution in [-0.2, 0) is 14.8 Å². The Morgan fingerprint density at radius 1 is 1.12 bits per heavy atom. The van der Waals surface area contributed by atoms with Crippen molar-refractivity contribution in [2.45, 2.75) is 4.90 Å². The molecule has 0 bridgehead atoms. The first-order valence-corrected chi connectivity index (χ1v) is 9.49. The number of hydrogen-bond donors (Lipinski definition) is 0. The van der Waals surface area contributed by atoms with E-state index in [1.165, 1.54) is 16.4 Å². The first kappa shape index (κ1) is 18.6. The molecule has 26 heavy (non-hydrogen) atoms. The number of sulfonamides is 1. The molecule has 1 aliphatic heterocycles. The number of halogens is 1. The van der Waals surface area contributed by atoms with Crippen molar-refractivity contribution in [2.75, 3.05) is 26.3 Å². The van der Waals surface area contributed by atoms with Crippen LogP contribution >= 0.6 is 11.6 Å². The van der Waals surface area contributed by atoms with Crippen LogP contribution in [0.2, 0.25) is 5.02 Å². The topological polar surface area (TPSA) is 99.0 Å².